The molecular weight excluding hydrogens is 370 g/mol. The van der Waals surface area contributed by atoms with E-state index in [1.54, 1.807) is 11.3 Å². The summed E-state index contributed by atoms with van der Waals surface area (Å²) < 4.78 is 1.15. The van der Waals surface area contributed by atoms with Gasteiger partial charge in [-0.05, 0) is 37.1 Å². The highest BCUT2D eigenvalue weighted by molar-refractivity contribution is 7.21. The van der Waals surface area contributed by atoms with Crippen LogP contribution in [0.1, 0.15) is 26.2 Å². The number of hydrogen-bond donors (Lipinski definition) is 1. The van der Waals surface area contributed by atoms with E-state index in [4.69, 9.17) is 4.98 Å². The van der Waals surface area contributed by atoms with Gasteiger partial charge in [-0.15, -0.1) is 11.3 Å². The molecule has 144 valence electrons. The molecule has 2 heterocycles. The Hall–Kier alpha value is -2.73. The highest BCUT2D eigenvalue weighted by Gasteiger charge is 2.27. The molecule has 28 heavy (non-hydrogen) atoms. The van der Waals surface area contributed by atoms with Crippen LogP contribution in [0.3, 0.4) is 0 Å². The molecule has 0 spiro atoms. The Balaban J connectivity index is 1.48. The van der Waals surface area contributed by atoms with Crippen LogP contribution < -0.4 is 5.32 Å². The molecule has 1 fully saturated rings. The first kappa shape index (κ1) is 18.6. The first-order chi connectivity index (χ1) is 13.6. The van der Waals surface area contributed by atoms with Gasteiger partial charge >= 0.3 is 0 Å². The second kappa shape index (κ2) is 8.10. The maximum absolute atomic E-state index is 12.8. The standard InChI is InChI=1S/C22H23N3O2S/c1-2-20(26)25-12-6-8-16(14-25)21(27)23-17-9-5-7-15(13-17)22-24-18-10-3-4-11-19(18)28-22/h3-5,7,9-11,13,16H,2,6,8,12,14H2,1H3,(H,23,27). The van der Waals surface area contributed by atoms with Crippen LogP contribution >= 0.6 is 11.3 Å². The maximum Gasteiger partial charge on any atom is 0.229 e. The second-order valence-corrected chi connectivity index (χ2v) is 8.12. The first-order valence-electron chi connectivity index (χ1n) is 9.68. The zero-order valence-electron chi connectivity index (χ0n) is 15.9. The first-order valence-corrected chi connectivity index (χ1v) is 10.5. The number of rotatable bonds is 4. The highest BCUT2D eigenvalue weighted by Crippen LogP contribution is 2.31. The highest BCUT2D eigenvalue weighted by atomic mass is 32.1. The maximum atomic E-state index is 12.8. The SMILES string of the molecule is CCC(=O)N1CCCC(C(=O)Nc2cccc(-c3nc4ccccc4s3)c2)C1. The average Bonchev–Trinajstić information content (AvgIpc) is 3.18. The van der Waals surface area contributed by atoms with Crippen LogP contribution in [0.5, 0.6) is 0 Å². The lowest BCUT2D eigenvalue weighted by atomic mass is 9.96. The minimum Gasteiger partial charge on any atom is -0.342 e. The Morgan fingerprint density at radius 1 is 1.21 bits per heavy atom. The van der Waals surface area contributed by atoms with E-state index >= 15 is 0 Å². The van der Waals surface area contributed by atoms with Gasteiger partial charge in [0.15, 0.2) is 0 Å². The van der Waals surface area contributed by atoms with Crippen LogP contribution in [-0.4, -0.2) is 34.8 Å². The summed E-state index contributed by atoms with van der Waals surface area (Å²) in [4.78, 5) is 31.2. The summed E-state index contributed by atoms with van der Waals surface area (Å²) in [6.45, 7) is 3.12. The van der Waals surface area contributed by atoms with Crippen molar-refractivity contribution in [2.24, 2.45) is 5.92 Å². The largest absolute Gasteiger partial charge is 0.342 e. The van der Waals surface area contributed by atoms with Crippen molar-refractivity contribution in [3.63, 3.8) is 0 Å². The molecule has 1 aliphatic heterocycles. The summed E-state index contributed by atoms with van der Waals surface area (Å²) in [6.07, 6.45) is 2.17. The Labute approximate surface area is 168 Å². The molecule has 6 heteroatoms. The third kappa shape index (κ3) is 3.92. The molecule has 0 radical (unpaired) electrons. The fraction of sp³-hybridized carbons (Fsp3) is 0.318. The summed E-state index contributed by atoms with van der Waals surface area (Å²) >= 11 is 1.64. The van der Waals surface area contributed by atoms with Gasteiger partial charge in [0.05, 0.1) is 16.1 Å². The van der Waals surface area contributed by atoms with E-state index in [0.29, 0.717) is 13.0 Å². The van der Waals surface area contributed by atoms with Gasteiger partial charge in [0, 0.05) is 30.8 Å². The molecule has 2 aromatic carbocycles. The molecular formula is C22H23N3O2S. The summed E-state index contributed by atoms with van der Waals surface area (Å²) in [5.74, 6) is -0.0549. The fourth-order valence-corrected chi connectivity index (χ4v) is 4.57. The van der Waals surface area contributed by atoms with Crippen LogP contribution in [0.25, 0.3) is 20.8 Å². The van der Waals surface area contributed by atoms with E-state index in [0.717, 1.165) is 45.9 Å². The van der Waals surface area contributed by atoms with Crippen molar-refractivity contribution in [3.8, 4) is 10.6 Å². The number of likely N-dealkylation sites (tertiary alicyclic amines) is 1. The van der Waals surface area contributed by atoms with Crippen molar-refractivity contribution >= 4 is 39.1 Å². The minimum absolute atomic E-state index is 0.0185. The zero-order valence-corrected chi connectivity index (χ0v) is 16.7. The summed E-state index contributed by atoms with van der Waals surface area (Å²) in [6, 6.07) is 15.9. The molecule has 5 nitrogen and oxygen atoms in total. The molecule has 0 bridgehead atoms. The number of fused-ring (bicyclic) bond motifs is 1. The lowest BCUT2D eigenvalue weighted by Crippen LogP contribution is -2.43. The van der Waals surface area contributed by atoms with E-state index in [2.05, 4.69) is 11.4 Å². The quantitative estimate of drug-likeness (QED) is 0.707. The number of carbonyl (C=O) groups is 2. The lowest BCUT2D eigenvalue weighted by Gasteiger charge is -2.31. The van der Waals surface area contributed by atoms with Gasteiger partial charge in [0.2, 0.25) is 11.8 Å². The van der Waals surface area contributed by atoms with Crippen LogP contribution in [-0.2, 0) is 9.59 Å². The number of benzene rings is 2. The Kier molecular flexibility index (Phi) is 5.39. The van der Waals surface area contributed by atoms with Gasteiger partial charge < -0.3 is 10.2 Å². The van der Waals surface area contributed by atoms with Gasteiger partial charge in [-0.3, -0.25) is 9.59 Å². The van der Waals surface area contributed by atoms with E-state index in [1.165, 1.54) is 0 Å². The molecule has 0 saturated carbocycles. The molecule has 1 aromatic heterocycles. The number of amides is 2. The smallest absolute Gasteiger partial charge is 0.229 e. The van der Waals surface area contributed by atoms with Crippen LogP contribution in [0.2, 0.25) is 0 Å². The predicted octanol–water partition coefficient (Wildman–Crippen LogP) is 4.55. The van der Waals surface area contributed by atoms with Gasteiger partial charge in [0.1, 0.15) is 5.01 Å². The molecule has 4 rings (SSSR count). The number of para-hydroxylation sites is 1. The third-order valence-electron chi connectivity index (χ3n) is 5.12. The summed E-state index contributed by atoms with van der Waals surface area (Å²) in [5.41, 5.74) is 2.74. The number of aromatic nitrogens is 1. The molecule has 3 aromatic rings. The molecule has 0 aliphatic carbocycles. The molecule has 2 amide bonds. The number of nitrogens with zero attached hydrogens (tertiary/aromatic N) is 2. The van der Waals surface area contributed by atoms with Crippen molar-refractivity contribution in [3.05, 3.63) is 48.5 Å². The van der Waals surface area contributed by atoms with Gasteiger partial charge in [-0.1, -0.05) is 31.2 Å². The monoisotopic (exact) mass is 393 g/mol. The van der Waals surface area contributed by atoms with Crippen LogP contribution in [0, 0.1) is 5.92 Å². The van der Waals surface area contributed by atoms with Crippen molar-refractivity contribution in [2.75, 3.05) is 18.4 Å². The van der Waals surface area contributed by atoms with Crippen LogP contribution in [0.4, 0.5) is 5.69 Å². The third-order valence-corrected chi connectivity index (χ3v) is 6.20. The van der Waals surface area contributed by atoms with Crippen molar-refractivity contribution < 1.29 is 9.59 Å². The Morgan fingerprint density at radius 2 is 2.07 bits per heavy atom. The van der Waals surface area contributed by atoms with Gasteiger partial charge in [-0.25, -0.2) is 4.98 Å². The van der Waals surface area contributed by atoms with E-state index in [9.17, 15) is 9.59 Å². The molecule has 1 N–H and O–H groups in total. The van der Waals surface area contributed by atoms with Gasteiger partial charge in [-0.2, -0.15) is 0 Å². The van der Waals surface area contributed by atoms with E-state index in [-0.39, 0.29) is 17.7 Å². The zero-order chi connectivity index (χ0) is 19.5. The summed E-state index contributed by atoms with van der Waals surface area (Å²) in [7, 11) is 0. The topological polar surface area (TPSA) is 62.3 Å². The minimum atomic E-state index is -0.157. The number of piperidine rings is 1. The normalized spacial score (nSPS) is 16.9. The number of carbonyl (C=O) groups excluding carboxylic acids is 2. The average molecular weight is 394 g/mol. The van der Waals surface area contributed by atoms with Crippen molar-refractivity contribution in [2.45, 2.75) is 26.2 Å². The van der Waals surface area contributed by atoms with Crippen molar-refractivity contribution in [1.82, 2.24) is 9.88 Å². The molecule has 1 saturated heterocycles. The number of thiazole rings is 1. The molecule has 1 atom stereocenters. The summed E-state index contributed by atoms with van der Waals surface area (Å²) in [5, 5.41) is 3.97. The van der Waals surface area contributed by atoms with E-state index in [1.807, 2.05) is 54.3 Å². The van der Waals surface area contributed by atoms with Crippen molar-refractivity contribution in [1.29, 1.82) is 0 Å². The number of hydrogen-bond acceptors (Lipinski definition) is 4. The Bertz CT molecular complexity index is 981. The second-order valence-electron chi connectivity index (χ2n) is 7.09. The molecule has 1 aliphatic rings. The molecule has 1 unspecified atom stereocenters. The fourth-order valence-electron chi connectivity index (χ4n) is 3.61. The number of anilines is 1. The van der Waals surface area contributed by atoms with Crippen LogP contribution in [0.15, 0.2) is 48.5 Å². The number of nitrogens with one attached hydrogen (secondary N) is 1. The van der Waals surface area contributed by atoms with Gasteiger partial charge in [0.25, 0.3) is 0 Å². The lowest BCUT2D eigenvalue weighted by molar-refractivity contribution is -0.134. The van der Waals surface area contributed by atoms with E-state index < -0.39 is 0 Å². The Morgan fingerprint density at radius 3 is 2.89 bits per heavy atom. The predicted molar refractivity (Wildman–Crippen MR) is 113 cm³/mol.